The van der Waals surface area contributed by atoms with Crippen molar-refractivity contribution in [3.8, 4) is 0 Å². The molecule has 1 unspecified atom stereocenters. The van der Waals surface area contributed by atoms with Crippen molar-refractivity contribution in [2.75, 3.05) is 6.54 Å². The molecule has 1 heterocycles. The number of amides is 1. The van der Waals surface area contributed by atoms with Gasteiger partial charge in [0.2, 0.25) is 0 Å². The van der Waals surface area contributed by atoms with Crippen molar-refractivity contribution in [2.45, 2.75) is 110 Å². The highest BCUT2D eigenvalue weighted by Gasteiger charge is 2.45. The number of likely N-dealkylation sites (tertiary alicyclic amines) is 1. The lowest BCUT2D eigenvalue weighted by atomic mass is 9.94. The second kappa shape index (κ2) is 16.2. The van der Waals surface area contributed by atoms with Crippen molar-refractivity contribution in [3.05, 3.63) is 76.9 Å². The van der Waals surface area contributed by atoms with Gasteiger partial charge in [-0.25, -0.2) is 0 Å². The van der Waals surface area contributed by atoms with E-state index in [2.05, 4.69) is 6.92 Å². The monoisotopic (exact) mass is 517 g/mol. The number of hydrogen-bond acceptors (Lipinski definition) is 3. The van der Waals surface area contributed by atoms with E-state index in [0.29, 0.717) is 12.1 Å². The van der Waals surface area contributed by atoms with E-state index < -0.39 is 17.7 Å². The molecule has 0 radical (unpaired) electrons. The molecule has 1 saturated heterocycles. The van der Waals surface area contributed by atoms with Gasteiger partial charge in [0.25, 0.3) is 11.7 Å². The van der Waals surface area contributed by atoms with Crippen LogP contribution in [0.1, 0.15) is 120 Å². The molecule has 3 rings (SSSR count). The summed E-state index contributed by atoms with van der Waals surface area (Å²) in [4.78, 5) is 27.9. The number of carbonyl (C=O) groups is 2. The van der Waals surface area contributed by atoms with Gasteiger partial charge >= 0.3 is 0 Å². The Labute approximate surface area is 230 Å². The lowest BCUT2D eigenvalue weighted by molar-refractivity contribution is -0.139. The normalized spacial score (nSPS) is 16.9. The Morgan fingerprint density at radius 2 is 1.21 bits per heavy atom. The van der Waals surface area contributed by atoms with Gasteiger partial charge in [-0.05, 0) is 18.9 Å². The van der Waals surface area contributed by atoms with Gasteiger partial charge in [0, 0.05) is 12.1 Å². The average Bonchev–Trinajstić information content (AvgIpc) is 3.18. The van der Waals surface area contributed by atoms with Gasteiger partial charge < -0.3 is 10.0 Å². The van der Waals surface area contributed by atoms with Crippen LogP contribution in [0.15, 0.2) is 60.2 Å². The van der Waals surface area contributed by atoms with E-state index in [1.807, 2.05) is 49.4 Å². The van der Waals surface area contributed by atoms with E-state index in [-0.39, 0.29) is 11.3 Å². The van der Waals surface area contributed by atoms with Crippen molar-refractivity contribution < 1.29 is 14.7 Å². The van der Waals surface area contributed by atoms with Gasteiger partial charge in [0.1, 0.15) is 5.76 Å². The van der Waals surface area contributed by atoms with Gasteiger partial charge in [-0.2, -0.15) is 0 Å². The number of aryl methyl sites for hydroxylation is 1. The molecule has 1 amide bonds. The predicted molar refractivity (Wildman–Crippen MR) is 157 cm³/mol. The van der Waals surface area contributed by atoms with Crippen LogP contribution in [0.5, 0.6) is 0 Å². The zero-order valence-corrected chi connectivity index (χ0v) is 23.6. The summed E-state index contributed by atoms with van der Waals surface area (Å²) >= 11 is 0. The Morgan fingerprint density at radius 1 is 0.711 bits per heavy atom. The Kier molecular flexibility index (Phi) is 12.6. The largest absolute Gasteiger partial charge is 0.507 e. The third kappa shape index (κ3) is 8.58. The van der Waals surface area contributed by atoms with Crippen molar-refractivity contribution in [1.82, 2.24) is 4.90 Å². The number of nitrogens with zero attached hydrogens (tertiary/aromatic N) is 1. The van der Waals surface area contributed by atoms with Crippen LogP contribution in [0.4, 0.5) is 0 Å². The summed E-state index contributed by atoms with van der Waals surface area (Å²) < 4.78 is 0. The predicted octanol–water partition coefficient (Wildman–Crippen LogP) is 8.90. The molecule has 1 aliphatic heterocycles. The first-order valence-corrected chi connectivity index (χ1v) is 14.9. The minimum absolute atomic E-state index is 0.0991. The minimum atomic E-state index is -0.595. The van der Waals surface area contributed by atoms with E-state index in [4.69, 9.17) is 0 Å². The molecule has 0 aromatic heterocycles. The molecule has 38 heavy (non-hydrogen) atoms. The van der Waals surface area contributed by atoms with Gasteiger partial charge in [-0.1, -0.05) is 151 Å². The Balaban J connectivity index is 1.50. The Hall–Kier alpha value is -2.88. The van der Waals surface area contributed by atoms with E-state index in [9.17, 15) is 14.7 Å². The summed E-state index contributed by atoms with van der Waals surface area (Å²) in [6.07, 6.45) is 17.8. The highest BCUT2D eigenvalue weighted by Crippen LogP contribution is 2.39. The molecule has 4 heteroatoms. The summed E-state index contributed by atoms with van der Waals surface area (Å²) in [5.74, 6) is -1.21. The summed E-state index contributed by atoms with van der Waals surface area (Å²) in [7, 11) is 0. The molecule has 0 aliphatic carbocycles. The average molecular weight is 518 g/mol. The quantitative estimate of drug-likeness (QED) is 0.0986. The molecular formula is C34H47NO3. The number of hydrogen-bond donors (Lipinski definition) is 1. The fraction of sp³-hybridized carbons (Fsp3) is 0.529. The van der Waals surface area contributed by atoms with Crippen LogP contribution in [-0.2, 0) is 9.59 Å². The smallest absolute Gasteiger partial charge is 0.295 e. The van der Waals surface area contributed by atoms with E-state index in [1.165, 1.54) is 70.6 Å². The topological polar surface area (TPSA) is 57.6 Å². The summed E-state index contributed by atoms with van der Waals surface area (Å²) in [5.41, 5.74) is 2.72. The maximum absolute atomic E-state index is 13.1. The maximum Gasteiger partial charge on any atom is 0.295 e. The van der Waals surface area contributed by atoms with Gasteiger partial charge in [0.05, 0.1) is 11.6 Å². The molecule has 1 atom stereocenters. The van der Waals surface area contributed by atoms with E-state index >= 15 is 0 Å². The highest BCUT2D eigenvalue weighted by molar-refractivity contribution is 6.46. The number of aliphatic hydroxyl groups excluding tert-OH is 1. The van der Waals surface area contributed by atoms with Crippen LogP contribution in [0, 0.1) is 6.92 Å². The van der Waals surface area contributed by atoms with Crippen LogP contribution in [0.25, 0.3) is 5.76 Å². The van der Waals surface area contributed by atoms with Crippen LogP contribution in [0.2, 0.25) is 0 Å². The number of unbranched alkanes of at least 4 members (excludes halogenated alkanes) is 13. The third-order valence-electron chi connectivity index (χ3n) is 7.73. The van der Waals surface area contributed by atoms with Crippen LogP contribution < -0.4 is 0 Å². The molecule has 2 aromatic rings. The van der Waals surface area contributed by atoms with Gasteiger partial charge in [-0.3, -0.25) is 9.59 Å². The third-order valence-corrected chi connectivity index (χ3v) is 7.73. The number of aliphatic hydroxyl groups is 1. The first-order chi connectivity index (χ1) is 18.5. The molecule has 0 bridgehead atoms. The summed E-state index contributed by atoms with van der Waals surface area (Å²) in [5, 5.41) is 11.1. The van der Waals surface area contributed by atoms with Gasteiger partial charge in [-0.15, -0.1) is 0 Å². The fourth-order valence-corrected chi connectivity index (χ4v) is 5.43. The first-order valence-electron chi connectivity index (χ1n) is 14.9. The van der Waals surface area contributed by atoms with E-state index in [0.717, 1.165) is 30.4 Å². The first kappa shape index (κ1) is 29.7. The molecule has 1 aliphatic rings. The number of carbonyl (C=O) groups excluding carboxylic acids is 2. The number of ketones is 1. The zero-order chi connectivity index (χ0) is 27.2. The molecule has 206 valence electrons. The van der Waals surface area contributed by atoms with Gasteiger partial charge in [0.15, 0.2) is 0 Å². The summed E-state index contributed by atoms with van der Waals surface area (Å²) in [6, 6.07) is 16.4. The molecular weight excluding hydrogens is 470 g/mol. The zero-order valence-electron chi connectivity index (χ0n) is 23.6. The number of benzene rings is 2. The second-order valence-corrected chi connectivity index (χ2v) is 10.9. The van der Waals surface area contributed by atoms with Crippen molar-refractivity contribution >= 4 is 17.4 Å². The second-order valence-electron chi connectivity index (χ2n) is 10.9. The van der Waals surface area contributed by atoms with Crippen molar-refractivity contribution in [2.24, 2.45) is 0 Å². The van der Waals surface area contributed by atoms with Crippen LogP contribution in [0.3, 0.4) is 0 Å². The summed E-state index contributed by atoms with van der Waals surface area (Å²) in [6.45, 7) is 4.80. The minimum Gasteiger partial charge on any atom is -0.507 e. The molecule has 2 aromatic carbocycles. The maximum atomic E-state index is 13.1. The molecule has 1 fully saturated rings. The number of Topliss-reactive ketones (excluding diaryl/α,β-unsaturated/α-hetero) is 1. The molecule has 1 N–H and O–H groups in total. The standard InChI is InChI=1S/C34H47NO3/c1-3-4-5-6-7-8-9-10-11-12-13-14-15-19-26-35-31(28-24-22-27(2)23-25-28)30(33(37)34(35)38)32(36)29-20-17-16-18-21-29/h16-18,20-25,31,36H,3-15,19,26H2,1-2H3. The van der Waals surface area contributed by atoms with Crippen molar-refractivity contribution in [1.29, 1.82) is 0 Å². The fourth-order valence-electron chi connectivity index (χ4n) is 5.43. The lowest BCUT2D eigenvalue weighted by Gasteiger charge is -2.25. The Bertz CT molecular complexity index is 1030. The lowest BCUT2D eigenvalue weighted by Crippen LogP contribution is -2.30. The van der Waals surface area contributed by atoms with Crippen LogP contribution >= 0.6 is 0 Å². The number of rotatable bonds is 17. The molecule has 4 nitrogen and oxygen atoms in total. The molecule has 0 spiro atoms. The van der Waals surface area contributed by atoms with E-state index in [1.54, 1.807) is 17.0 Å². The van der Waals surface area contributed by atoms with Crippen LogP contribution in [-0.4, -0.2) is 28.2 Å². The Morgan fingerprint density at radius 3 is 1.74 bits per heavy atom. The highest BCUT2D eigenvalue weighted by atomic mass is 16.3. The van der Waals surface area contributed by atoms with Crippen molar-refractivity contribution in [3.63, 3.8) is 0 Å². The SMILES string of the molecule is CCCCCCCCCCCCCCCCN1C(=O)C(=O)C(=C(O)c2ccccc2)C1c1ccc(C)cc1. The molecule has 0 saturated carbocycles.